The molecule has 0 unspecified atom stereocenters. The third-order valence-electron chi connectivity index (χ3n) is 5.87. The van der Waals surface area contributed by atoms with Crippen LogP contribution in [0.25, 0.3) is 33.8 Å². The van der Waals surface area contributed by atoms with Gasteiger partial charge in [0.25, 0.3) is 0 Å². The lowest BCUT2D eigenvalue weighted by atomic mass is 10.0. The maximum absolute atomic E-state index is 12.6. The number of anilines is 1. The van der Waals surface area contributed by atoms with Gasteiger partial charge in [0.2, 0.25) is 5.91 Å². The van der Waals surface area contributed by atoms with Crippen LogP contribution in [0.4, 0.5) is 5.13 Å². The fraction of sp³-hybridized carbons (Fsp3) is 0.138. The summed E-state index contributed by atoms with van der Waals surface area (Å²) in [6.07, 6.45) is 0.321. The molecule has 0 saturated carbocycles. The van der Waals surface area contributed by atoms with Crippen molar-refractivity contribution < 1.29 is 4.79 Å². The Balaban J connectivity index is 1.25. The number of hydrogen-bond donors (Lipinski definition) is 2. The highest BCUT2D eigenvalue weighted by molar-refractivity contribution is 7.99. The number of nitrogens with one attached hydrogen (secondary N) is 2. The fourth-order valence-electron chi connectivity index (χ4n) is 3.84. The van der Waals surface area contributed by atoms with Crippen LogP contribution in [0.2, 0.25) is 10.0 Å². The summed E-state index contributed by atoms with van der Waals surface area (Å²) in [6.45, 7) is 4.14. The minimum atomic E-state index is -0.107. The minimum absolute atomic E-state index is 0.107. The molecule has 1 amide bonds. The second-order valence-corrected chi connectivity index (χ2v) is 11.6. The third kappa shape index (κ3) is 6.30. The molecule has 5 nitrogen and oxygen atoms in total. The molecule has 0 saturated heterocycles. The van der Waals surface area contributed by atoms with E-state index >= 15 is 0 Å². The first kappa shape index (κ1) is 26.5. The molecule has 9 heteroatoms. The van der Waals surface area contributed by atoms with Crippen LogP contribution < -0.4 is 5.32 Å². The summed E-state index contributed by atoms with van der Waals surface area (Å²) in [5, 5.41) is 7.13. The number of benzene rings is 3. The Labute approximate surface area is 239 Å². The fourth-order valence-corrected chi connectivity index (χ4v) is 5.89. The van der Waals surface area contributed by atoms with Gasteiger partial charge in [-0.1, -0.05) is 94.6 Å². The Kier molecular flexibility index (Phi) is 8.19. The zero-order valence-corrected chi connectivity index (χ0v) is 23.9. The first-order chi connectivity index (χ1) is 18.4. The Morgan fingerprint density at radius 1 is 0.947 bits per heavy atom. The number of hydrogen-bond acceptors (Lipinski definition) is 5. The summed E-state index contributed by atoms with van der Waals surface area (Å²) >= 11 is 15.2. The Bertz CT molecular complexity index is 1510. The monoisotopic (exact) mass is 578 g/mol. The highest BCUT2D eigenvalue weighted by atomic mass is 35.5. The van der Waals surface area contributed by atoms with Crippen LogP contribution >= 0.6 is 46.3 Å². The van der Waals surface area contributed by atoms with Crippen molar-refractivity contribution in [2.24, 2.45) is 0 Å². The molecule has 3 aromatic carbocycles. The zero-order chi connectivity index (χ0) is 26.6. The van der Waals surface area contributed by atoms with Gasteiger partial charge in [-0.2, -0.15) is 0 Å². The molecule has 0 spiro atoms. The van der Waals surface area contributed by atoms with E-state index in [-0.39, 0.29) is 5.91 Å². The van der Waals surface area contributed by atoms with Crippen molar-refractivity contribution in [2.45, 2.75) is 25.4 Å². The highest BCUT2D eigenvalue weighted by Gasteiger charge is 2.16. The van der Waals surface area contributed by atoms with E-state index in [0.29, 0.717) is 33.0 Å². The summed E-state index contributed by atoms with van der Waals surface area (Å²) < 4.78 is 0. The van der Waals surface area contributed by atoms with Crippen molar-refractivity contribution in [3.05, 3.63) is 93.3 Å². The molecule has 0 radical (unpaired) electrons. The first-order valence-electron chi connectivity index (χ1n) is 11.9. The van der Waals surface area contributed by atoms with Crippen molar-refractivity contribution in [3.8, 4) is 33.8 Å². The van der Waals surface area contributed by atoms with Crippen LogP contribution in [-0.2, 0) is 4.79 Å². The predicted octanol–water partition coefficient (Wildman–Crippen LogP) is 8.91. The molecular weight excluding hydrogens is 555 g/mol. The number of imidazole rings is 1. The van der Waals surface area contributed by atoms with E-state index in [4.69, 9.17) is 28.2 Å². The summed E-state index contributed by atoms with van der Waals surface area (Å²) in [5.74, 6) is 0.464. The van der Waals surface area contributed by atoms with Crippen LogP contribution in [0.3, 0.4) is 0 Å². The number of aromatic amines is 1. The summed E-state index contributed by atoms with van der Waals surface area (Å²) in [6, 6.07) is 22.0. The zero-order valence-electron chi connectivity index (χ0n) is 20.7. The van der Waals surface area contributed by atoms with Crippen LogP contribution in [0, 0.1) is 13.8 Å². The van der Waals surface area contributed by atoms with E-state index in [1.807, 2.05) is 11.4 Å². The van der Waals surface area contributed by atoms with Crippen molar-refractivity contribution in [2.75, 3.05) is 11.1 Å². The van der Waals surface area contributed by atoms with E-state index in [1.54, 1.807) is 12.1 Å². The van der Waals surface area contributed by atoms with E-state index < -0.39 is 0 Å². The topological polar surface area (TPSA) is 70.7 Å². The number of amides is 1. The van der Waals surface area contributed by atoms with E-state index in [2.05, 4.69) is 77.7 Å². The van der Waals surface area contributed by atoms with Gasteiger partial charge in [-0.3, -0.25) is 4.79 Å². The third-order valence-corrected chi connectivity index (χ3v) is 8.05. The minimum Gasteiger partial charge on any atom is -0.332 e. The number of halogens is 2. The van der Waals surface area contributed by atoms with E-state index in [1.165, 1.54) is 34.2 Å². The van der Waals surface area contributed by atoms with Crippen LogP contribution in [0.15, 0.2) is 77.3 Å². The second kappa shape index (κ2) is 11.7. The molecule has 0 atom stereocenters. The number of rotatable bonds is 8. The van der Waals surface area contributed by atoms with Crippen LogP contribution in [-0.4, -0.2) is 26.6 Å². The van der Waals surface area contributed by atoms with Gasteiger partial charge < -0.3 is 10.3 Å². The Morgan fingerprint density at radius 3 is 2.32 bits per heavy atom. The molecule has 2 heterocycles. The average molecular weight is 580 g/mol. The van der Waals surface area contributed by atoms with Crippen molar-refractivity contribution >= 4 is 57.3 Å². The highest BCUT2D eigenvalue weighted by Crippen LogP contribution is 2.34. The largest absolute Gasteiger partial charge is 0.332 e. The molecule has 38 heavy (non-hydrogen) atoms. The Hall–Kier alpha value is -3.10. The number of thioether (sulfide) groups is 1. The lowest BCUT2D eigenvalue weighted by Crippen LogP contribution is -2.12. The van der Waals surface area contributed by atoms with Gasteiger partial charge in [-0.15, -0.1) is 11.3 Å². The van der Waals surface area contributed by atoms with E-state index in [0.717, 1.165) is 33.2 Å². The molecule has 2 aromatic heterocycles. The molecule has 5 rings (SSSR count). The SMILES string of the molecule is Cc1ccc(-c2nc(SCCC(=O)Nc3nc(-c4ccc(Cl)cc4Cl)cs3)[nH]c2-c2ccc(C)cc2)cc1. The standard InChI is InChI=1S/C29H24Cl2N4OS2/c1-17-3-7-19(8-4-17)26-27(20-9-5-18(2)6-10-20)35-29(34-26)37-14-13-25(36)33-28-32-24(16-38-28)22-12-11-21(30)15-23(22)31/h3-12,15-16H,13-14H2,1-2H3,(H,34,35)(H,32,33,36). The maximum Gasteiger partial charge on any atom is 0.226 e. The predicted molar refractivity (Wildman–Crippen MR) is 160 cm³/mol. The number of H-pyrrole nitrogens is 1. The Morgan fingerprint density at radius 2 is 1.63 bits per heavy atom. The van der Waals surface area contributed by atoms with Gasteiger partial charge in [0.05, 0.1) is 22.1 Å². The summed E-state index contributed by atoms with van der Waals surface area (Å²) in [7, 11) is 0. The quantitative estimate of drug-likeness (QED) is 0.180. The maximum atomic E-state index is 12.6. The van der Waals surface area contributed by atoms with Crippen molar-refractivity contribution in [3.63, 3.8) is 0 Å². The van der Waals surface area contributed by atoms with Gasteiger partial charge in [0.15, 0.2) is 10.3 Å². The summed E-state index contributed by atoms with van der Waals surface area (Å²) in [5.41, 5.74) is 7.86. The molecule has 5 aromatic rings. The molecular formula is C29H24Cl2N4OS2. The molecule has 0 bridgehead atoms. The van der Waals surface area contributed by atoms with Crippen LogP contribution in [0.5, 0.6) is 0 Å². The van der Waals surface area contributed by atoms with Gasteiger partial charge in [-0.25, -0.2) is 9.97 Å². The lowest BCUT2D eigenvalue weighted by Gasteiger charge is -2.04. The van der Waals surface area contributed by atoms with Gasteiger partial charge >= 0.3 is 0 Å². The molecule has 0 aliphatic carbocycles. The number of aryl methyl sites for hydroxylation is 2. The number of carbonyl (C=O) groups is 1. The van der Waals surface area contributed by atoms with E-state index in [9.17, 15) is 4.79 Å². The van der Waals surface area contributed by atoms with Crippen molar-refractivity contribution in [1.82, 2.24) is 15.0 Å². The van der Waals surface area contributed by atoms with Crippen molar-refractivity contribution in [1.29, 1.82) is 0 Å². The normalized spacial score (nSPS) is 11.1. The first-order valence-corrected chi connectivity index (χ1v) is 14.6. The molecule has 2 N–H and O–H groups in total. The number of thiazole rings is 1. The van der Waals surface area contributed by atoms with Gasteiger partial charge in [0, 0.05) is 39.3 Å². The number of aromatic nitrogens is 3. The van der Waals surface area contributed by atoms with Crippen LogP contribution in [0.1, 0.15) is 17.5 Å². The smallest absolute Gasteiger partial charge is 0.226 e. The number of nitrogens with zero attached hydrogens (tertiary/aromatic N) is 2. The molecule has 0 aliphatic heterocycles. The molecule has 0 aliphatic rings. The lowest BCUT2D eigenvalue weighted by molar-refractivity contribution is -0.115. The number of carbonyl (C=O) groups excluding carboxylic acids is 1. The molecule has 192 valence electrons. The van der Waals surface area contributed by atoms with Gasteiger partial charge in [0.1, 0.15) is 0 Å². The van der Waals surface area contributed by atoms with Gasteiger partial charge in [-0.05, 0) is 32.0 Å². The average Bonchev–Trinajstić information content (AvgIpc) is 3.52. The second-order valence-electron chi connectivity index (χ2n) is 8.81. The molecule has 0 fully saturated rings. The summed E-state index contributed by atoms with van der Waals surface area (Å²) in [4.78, 5) is 25.5.